The predicted molar refractivity (Wildman–Crippen MR) is 92.0 cm³/mol. The zero-order valence-electron chi connectivity index (χ0n) is 14.0. The fraction of sp³-hybridized carbons (Fsp3) is 0.316. The Balaban J connectivity index is 1.50. The van der Waals surface area contributed by atoms with E-state index in [0.29, 0.717) is 37.8 Å². The van der Waals surface area contributed by atoms with Crippen molar-refractivity contribution >= 4 is 16.7 Å². The first-order valence-electron chi connectivity index (χ1n) is 8.37. The third kappa shape index (κ3) is 3.25. The summed E-state index contributed by atoms with van der Waals surface area (Å²) in [6.45, 7) is 3.24. The summed E-state index contributed by atoms with van der Waals surface area (Å²) in [5.74, 6) is 1.09. The van der Waals surface area contributed by atoms with Gasteiger partial charge in [0, 0.05) is 13.5 Å². The fourth-order valence-corrected chi connectivity index (χ4v) is 3.20. The third-order valence-electron chi connectivity index (χ3n) is 4.47. The molecule has 0 spiro atoms. The highest BCUT2D eigenvalue weighted by atomic mass is 16.5. The molecule has 0 saturated carbocycles. The first-order valence-corrected chi connectivity index (χ1v) is 8.37. The molecular weight excluding hydrogens is 318 g/mol. The highest BCUT2D eigenvalue weighted by Gasteiger charge is 2.28. The van der Waals surface area contributed by atoms with Crippen molar-refractivity contribution < 1.29 is 14.1 Å². The number of rotatable bonds is 3. The molecule has 0 aliphatic carbocycles. The Morgan fingerprint density at radius 2 is 2.08 bits per heavy atom. The number of carbonyl (C=O) groups is 1. The van der Waals surface area contributed by atoms with E-state index in [1.807, 2.05) is 29.2 Å². The lowest BCUT2D eigenvalue weighted by Crippen LogP contribution is -2.43. The van der Waals surface area contributed by atoms with E-state index in [1.54, 1.807) is 6.92 Å². The van der Waals surface area contributed by atoms with Crippen LogP contribution in [0.1, 0.15) is 23.4 Å². The number of hydrogen-bond donors (Lipinski definition) is 0. The van der Waals surface area contributed by atoms with Crippen LogP contribution in [0.5, 0.6) is 0 Å². The highest BCUT2D eigenvalue weighted by Crippen LogP contribution is 2.22. The van der Waals surface area contributed by atoms with Gasteiger partial charge in [-0.3, -0.25) is 4.79 Å². The maximum Gasteiger partial charge on any atom is 0.227 e. The summed E-state index contributed by atoms with van der Waals surface area (Å²) >= 11 is 0. The summed E-state index contributed by atoms with van der Waals surface area (Å²) in [6, 6.07) is 14.2. The number of aryl methyl sites for hydroxylation is 1. The van der Waals surface area contributed by atoms with E-state index in [9.17, 15) is 4.79 Å². The summed E-state index contributed by atoms with van der Waals surface area (Å²) in [4.78, 5) is 18.8. The molecule has 6 nitrogen and oxygen atoms in total. The molecule has 6 heteroatoms. The Morgan fingerprint density at radius 3 is 2.92 bits per heavy atom. The lowest BCUT2D eigenvalue weighted by Gasteiger charge is -2.31. The van der Waals surface area contributed by atoms with E-state index in [1.165, 1.54) is 0 Å². The lowest BCUT2D eigenvalue weighted by molar-refractivity contribution is -0.138. The number of morpholine rings is 1. The first kappa shape index (κ1) is 15.8. The quantitative estimate of drug-likeness (QED) is 0.735. The van der Waals surface area contributed by atoms with Crippen LogP contribution in [0.25, 0.3) is 10.8 Å². The summed E-state index contributed by atoms with van der Waals surface area (Å²) < 4.78 is 10.7. The monoisotopic (exact) mass is 337 g/mol. The predicted octanol–water partition coefficient (Wildman–Crippen LogP) is 2.67. The van der Waals surface area contributed by atoms with Gasteiger partial charge in [-0.1, -0.05) is 47.6 Å². The number of ether oxygens (including phenoxy) is 1. The Morgan fingerprint density at radius 1 is 1.24 bits per heavy atom. The number of carbonyl (C=O) groups excluding carboxylic acids is 1. The van der Waals surface area contributed by atoms with Gasteiger partial charge in [0.05, 0.1) is 19.6 Å². The van der Waals surface area contributed by atoms with Gasteiger partial charge in [0.1, 0.15) is 6.10 Å². The van der Waals surface area contributed by atoms with Gasteiger partial charge in [-0.25, -0.2) is 0 Å². The van der Waals surface area contributed by atoms with Gasteiger partial charge in [0.2, 0.25) is 17.6 Å². The molecule has 1 aliphatic rings. The molecular formula is C19H19N3O3. The molecule has 2 aromatic carbocycles. The number of fused-ring (bicyclic) bond motifs is 1. The molecule has 1 saturated heterocycles. The van der Waals surface area contributed by atoms with Crippen molar-refractivity contribution in [2.45, 2.75) is 19.4 Å². The largest absolute Gasteiger partial charge is 0.366 e. The zero-order valence-corrected chi connectivity index (χ0v) is 14.0. The minimum absolute atomic E-state index is 0.0878. The Kier molecular flexibility index (Phi) is 4.19. The van der Waals surface area contributed by atoms with Crippen molar-refractivity contribution in [1.29, 1.82) is 0 Å². The van der Waals surface area contributed by atoms with Crippen LogP contribution in [0.4, 0.5) is 0 Å². The minimum atomic E-state index is -0.331. The third-order valence-corrected chi connectivity index (χ3v) is 4.47. The van der Waals surface area contributed by atoms with Gasteiger partial charge < -0.3 is 14.2 Å². The van der Waals surface area contributed by atoms with Crippen molar-refractivity contribution in [1.82, 2.24) is 15.0 Å². The Labute approximate surface area is 145 Å². The second kappa shape index (κ2) is 6.64. The van der Waals surface area contributed by atoms with Gasteiger partial charge in [-0.15, -0.1) is 0 Å². The normalized spacial score (nSPS) is 17.8. The first-order chi connectivity index (χ1) is 12.2. The molecule has 25 heavy (non-hydrogen) atoms. The summed E-state index contributed by atoms with van der Waals surface area (Å²) in [5.41, 5.74) is 1.04. The average Bonchev–Trinajstić information content (AvgIpc) is 3.09. The maximum absolute atomic E-state index is 12.8. The maximum atomic E-state index is 12.8. The molecule has 0 bridgehead atoms. The average molecular weight is 337 g/mol. The molecule has 1 aromatic heterocycles. The second-order valence-corrected chi connectivity index (χ2v) is 6.19. The molecule has 2 heterocycles. The van der Waals surface area contributed by atoms with Crippen LogP contribution >= 0.6 is 0 Å². The van der Waals surface area contributed by atoms with Crippen molar-refractivity contribution in [3.05, 3.63) is 59.7 Å². The lowest BCUT2D eigenvalue weighted by atomic mass is 10.0. The number of hydrogen-bond acceptors (Lipinski definition) is 5. The van der Waals surface area contributed by atoms with Crippen molar-refractivity contribution in [3.63, 3.8) is 0 Å². The molecule has 4 rings (SSSR count). The van der Waals surface area contributed by atoms with Gasteiger partial charge in [0.15, 0.2) is 0 Å². The number of nitrogens with zero attached hydrogens (tertiary/aromatic N) is 3. The standard InChI is InChI=1S/C19H19N3O3/c1-13-20-19(21-25-13)17-12-22(9-10-24-17)18(23)11-15-7-4-6-14-5-2-3-8-16(14)15/h2-8,17H,9-12H2,1H3/t17-/m1/s1. The Bertz CT molecular complexity index is 900. The molecule has 3 aromatic rings. The topological polar surface area (TPSA) is 68.5 Å². The van der Waals surface area contributed by atoms with Gasteiger partial charge in [0.25, 0.3) is 0 Å². The van der Waals surface area contributed by atoms with E-state index >= 15 is 0 Å². The van der Waals surface area contributed by atoms with Gasteiger partial charge in [-0.2, -0.15) is 4.98 Å². The highest BCUT2D eigenvalue weighted by molar-refractivity contribution is 5.90. The van der Waals surface area contributed by atoms with Crippen LogP contribution in [0.3, 0.4) is 0 Å². The zero-order chi connectivity index (χ0) is 17.2. The number of benzene rings is 2. The smallest absolute Gasteiger partial charge is 0.227 e. The van der Waals surface area contributed by atoms with E-state index in [0.717, 1.165) is 16.3 Å². The number of aromatic nitrogens is 2. The molecule has 128 valence electrons. The molecule has 0 radical (unpaired) electrons. The van der Waals surface area contributed by atoms with Crippen LogP contribution < -0.4 is 0 Å². The van der Waals surface area contributed by atoms with E-state index < -0.39 is 0 Å². The van der Waals surface area contributed by atoms with Crippen LogP contribution in [0, 0.1) is 6.92 Å². The van der Waals surface area contributed by atoms with Crippen LogP contribution in [-0.2, 0) is 16.0 Å². The minimum Gasteiger partial charge on any atom is -0.366 e. The SMILES string of the molecule is Cc1nc([C@H]2CN(C(=O)Cc3cccc4ccccc34)CCO2)no1. The molecule has 0 unspecified atom stereocenters. The number of amides is 1. The summed E-state index contributed by atoms with van der Waals surface area (Å²) in [6.07, 6.45) is 0.0435. The van der Waals surface area contributed by atoms with E-state index in [2.05, 4.69) is 28.3 Å². The van der Waals surface area contributed by atoms with Crippen LogP contribution in [0.2, 0.25) is 0 Å². The van der Waals surface area contributed by atoms with Crippen molar-refractivity contribution in [2.24, 2.45) is 0 Å². The molecule has 0 N–H and O–H groups in total. The van der Waals surface area contributed by atoms with Crippen LogP contribution in [0.15, 0.2) is 47.0 Å². The van der Waals surface area contributed by atoms with E-state index in [-0.39, 0.29) is 12.0 Å². The van der Waals surface area contributed by atoms with Crippen molar-refractivity contribution in [3.8, 4) is 0 Å². The molecule has 1 atom stereocenters. The molecule has 1 aliphatic heterocycles. The summed E-state index contributed by atoms with van der Waals surface area (Å²) in [5, 5.41) is 6.18. The van der Waals surface area contributed by atoms with Gasteiger partial charge in [-0.05, 0) is 16.3 Å². The van der Waals surface area contributed by atoms with Crippen LogP contribution in [-0.4, -0.2) is 40.6 Å². The summed E-state index contributed by atoms with van der Waals surface area (Å²) in [7, 11) is 0. The van der Waals surface area contributed by atoms with Gasteiger partial charge >= 0.3 is 0 Å². The van der Waals surface area contributed by atoms with Crippen molar-refractivity contribution in [2.75, 3.05) is 19.7 Å². The fourth-order valence-electron chi connectivity index (χ4n) is 3.20. The van der Waals surface area contributed by atoms with E-state index in [4.69, 9.17) is 9.26 Å². The molecule has 1 amide bonds. The second-order valence-electron chi connectivity index (χ2n) is 6.19. The molecule has 1 fully saturated rings. The Hall–Kier alpha value is -2.73.